The van der Waals surface area contributed by atoms with Crippen molar-refractivity contribution in [3.63, 3.8) is 0 Å². The van der Waals surface area contributed by atoms with Gasteiger partial charge in [-0.25, -0.2) is 8.42 Å². The summed E-state index contributed by atoms with van der Waals surface area (Å²) >= 11 is 3.41. The predicted octanol–water partition coefficient (Wildman–Crippen LogP) is 1.56. The summed E-state index contributed by atoms with van der Waals surface area (Å²) in [7, 11) is -2.86. The van der Waals surface area contributed by atoms with E-state index in [4.69, 9.17) is 5.26 Å². The average Bonchev–Trinajstić information content (AvgIpc) is 2.29. The van der Waals surface area contributed by atoms with Crippen molar-refractivity contribution < 1.29 is 8.42 Å². The van der Waals surface area contributed by atoms with Gasteiger partial charge >= 0.3 is 0 Å². The summed E-state index contributed by atoms with van der Waals surface area (Å²) < 4.78 is 23.5. The Labute approximate surface area is 109 Å². The van der Waals surface area contributed by atoms with Gasteiger partial charge in [0, 0.05) is 17.6 Å². The van der Waals surface area contributed by atoms with Crippen LogP contribution in [0, 0.1) is 11.3 Å². The van der Waals surface area contributed by atoms with Gasteiger partial charge in [-0.1, -0.05) is 0 Å². The molecule has 1 saturated heterocycles. The van der Waals surface area contributed by atoms with Crippen molar-refractivity contribution in [2.24, 2.45) is 0 Å². The molecule has 0 unspecified atom stereocenters. The van der Waals surface area contributed by atoms with Crippen molar-refractivity contribution in [1.82, 2.24) is 0 Å². The normalized spacial score (nSPS) is 18.7. The summed E-state index contributed by atoms with van der Waals surface area (Å²) in [6.45, 7) is 1.01. The molecule has 0 aliphatic carbocycles. The lowest BCUT2D eigenvalue weighted by Gasteiger charge is -2.29. The zero-order valence-corrected chi connectivity index (χ0v) is 11.5. The lowest BCUT2D eigenvalue weighted by Crippen LogP contribution is -2.40. The zero-order valence-electron chi connectivity index (χ0n) is 9.06. The number of benzene rings is 1. The lowest BCUT2D eigenvalue weighted by atomic mass is 10.2. The molecule has 0 radical (unpaired) electrons. The summed E-state index contributed by atoms with van der Waals surface area (Å²) in [5.41, 5.74) is 1.53. The number of sulfone groups is 1. The van der Waals surface area contributed by atoms with Gasteiger partial charge in [-0.15, -0.1) is 0 Å². The molecule has 0 spiro atoms. The molecule has 6 heteroatoms. The molecule has 1 aromatic carbocycles. The highest BCUT2D eigenvalue weighted by Gasteiger charge is 2.22. The summed E-state index contributed by atoms with van der Waals surface area (Å²) in [4.78, 5) is 2.02. The van der Waals surface area contributed by atoms with Crippen LogP contribution in [0.1, 0.15) is 5.56 Å². The van der Waals surface area contributed by atoms with Crippen LogP contribution in [-0.2, 0) is 9.84 Å². The number of hydrogen-bond donors (Lipinski definition) is 0. The van der Waals surface area contributed by atoms with E-state index in [9.17, 15) is 8.42 Å². The monoisotopic (exact) mass is 314 g/mol. The fourth-order valence-corrected chi connectivity index (χ4v) is 3.62. The van der Waals surface area contributed by atoms with Crippen LogP contribution in [0.4, 0.5) is 5.69 Å². The smallest absolute Gasteiger partial charge is 0.153 e. The van der Waals surface area contributed by atoms with E-state index < -0.39 is 9.84 Å². The molecular weight excluding hydrogens is 304 g/mol. The summed E-state index contributed by atoms with van der Waals surface area (Å²) in [6.07, 6.45) is 0. The number of rotatable bonds is 1. The highest BCUT2D eigenvalue weighted by atomic mass is 79.9. The van der Waals surface area contributed by atoms with Gasteiger partial charge < -0.3 is 4.90 Å². The van der Waals surface area contributed by atoms with Crippen molar-refractivity contribution in [1.29, 1.82) is 5.26 Å². The van der Waals surface area contributed by atoms with E-state index in [2.05, 4.69) is 22.0 Å². The molecule has 1 heterocycles. The molecule has 17 heavy (non-hydrogen) atoms. The van der Waals surface area contributed by atoms with Gasteiger partial charge in [-0.05, 0) is 34.1 Å². The molecule has 90 valence electrons. The number of nitrogens with zero attached hydrogens (tertiary/aromatic N) is 2. The third-order valence-corrected chi connectivity index (χ3v) is 5.01. The fourth-order valence-electron chi connectivity index (χ4n) is 1.79. The van der Waals surface area contributed by atoms with E-state index in [0.29, 0.717) is 18.7 Å². The maximum Gasteiger partial charge on any atom is 0.153 e. The van der Waals surface area contributed by atoms with Crippen LogP contribution in [0.2, 0.25) is 0 Å². The molecule has 0 aromatic heterocycles. The van der Waals surface area contributed by atoms with E-state index in [1.165, 1.54) is 0 Å². The van der Waals surface area contributed by atoms with Crippen molar-refractivity contribution in [2.45, 2.75) is 0 Å². The molecule has 1 fully saturated rings. The van der Waals surface area contributed by atoms with Gasteiger partial charge in [0.25, 0.3) is 0 Å². The molecule has 0 amide bonds. The highest BCUT2D eigenvalue weighted by molar-refractivity contribution is 9.10. The van der Waals surface area contributed by atoms with Crippen LogP contribution in [0.5, 0.6) is 0 Å². The van der Waals surface area contributed by atoms with Gasteiger partial charge in [0.1, 0.15) is 0 Å². The SMILES string of the molecule is N#Cc1ccc(N2CCS(=O)(=O)CC2)c(Br)c1. The van der Waals surface area contributed by atoms with E-state index in [1.54, 1.807) is 12.1 Å². The Morgan fingerprint density at radius 3 is 2.47 bits per heavy atom. The first-order valence-corrected chi connectivity index (χ1v) is 7.78. The predicted molar refractivity (Wildman–Crippen MR) is 69.7 cm³/mol. The molecule has 2 rings (SSSR count). The van der Waals surface area contributed by atoms with Gasteiger partial charge in [0.15, 0.2) is 9.84 Å². The van der Waals surface area contributed by atoms with E-state index >= 15 is 0 Å². The minimum absolute atomic E-state index is 0.194. The Morgan fingerprint density at radius 2 is 1.94 bits per heavy atom. The number of hydrogen-bond acceptors (Lipinski definition) is 4. The topological polar surface area (TPSA) is 61.2 Å². The molecule has 0 bridgehead atoms. The third-order valence-electron chi connectivity index (χ3n) is 2.76. The second-order valence-corrected chi connectivity index (χ2v) is 7.07. The number of anilines is 1. The number of nitriles is 1. The van der Waals surface area contributed by atoms with Gasteiger partial charge in [-0.3, -0.25) is 0 Å². The van der Waals surface area contributed by atoms with Gasteiger partial charge in [0.2, 0.25) is 0 Å². The second-order valence-electron chi connectivity index (χ2n) is 3.92. The molecular formula is C11H11BrN2O2S. The Balaban J connectivity index is 2.22. The van der Waals surface area contributed by atoms with Crippen molar-refractivity contribution in [2.75, 3.05) is 29.5 Å². The molecule has 1 aliphatic rings. The first kappa shape index (κ1) is 12.4. The van der Waals surface area contributed by atoms with Gasteiger partial charge in [-0.2, -0.15) is 5.26 Å². The first-order chi connectivity index (χ1) is 8.02. The third kappa shape index (κ3) is 2.79. The van der Waals surface area contributed by atoms with E-state index in [-0.39, 0.29) is 11.5 Å². The molecule has 4 nitrogen and oxygen atoms in total. The van der Waals surface area contributed by atoms with Crippen LogP contribution in [-0.4, -0.2) is 33.0 Å². The Bertz CT molecular complexity index is 564. The zero-order chi connectivity index (χ0) is 12.5. The maximum absolute atomic E-state index is 11.3. The van der Waals surface area contributed by atoms with Gasteiger partial charge in [0.05, 0.1) is 28.8 Å². The van der Waals surface area contributed by atoms with E-state index in [0.717, 1.165) is 10.2 Å². The minimum atomic E-state index is -2.86. The molecule has 1 aromatic rings. The highest BCUT2D eigenvalue weighted by Crippen LogP contribution is 2.28. The lowest BCUT2D eigenvalue weighted by molar-refractivity contribution is 0.586. The van der Waals surface area contributed by atoms with Crippen LogP contribution in [0.15, 0.2) is 22.7 Å². The Hall–Kier alpha value is -1.06. The number of halogens is 1. The molecule has 0 saturated carbocycles. The molecule has 1 aliphatic heterocycles. The summed E-state index contributed by atoms with van der Waals surface area (Å²) in [6, 6.07) is 7.40. The molecule has 0 N–H and O–H groups in total. The minimum Gasteiger partial charge on any atom is -0.369 e. The summed E-state index contributed by atoms with van der Waals surface area (Å²) in [5.74, 6) is 0.388. The Morgan fingerprint density at radius 1 is 1.29 bits per heavy atom. The first-order valence-electron chi connectivity index (χ1n) is 5.17. The van der Waals surface area contributed by atoms with Crippen LogP contribution >= 0.6 is 15.9 Å². The Kier molecular flexibility index (Phi) is 3.40. The quantitative estimate of drug-likeness (QED) is 0.789. The molecule has 0 atom stereocenters. The second kappa shape index (κ2) is 4.67. The maximum atomic E-state index is 11.3. The van der Waals surface area contributed by atoms with Crippen LogP contribution in [0.3, 0.4) is 0 Å². The summed E-state index contributed by atoms with van der Waals surface area (Å²) in [5, 5.41) is 8.77. The van der Waals surface area contributed by atoms with Crippen LogP contribution in [0.25, 0.3) is 0 Å². The van der Waals surface area contributed by atoms with Crippen molar-refractivity contribution in [3.8, 4) is 6.07 Å². The standard InChI is InChI=1S/C11H11BrN2O2S/c12-10-7-9(8-13)1-2-11(10)14-3-5-17(15,16)6-4-14/h1-2,7H,3-6H2. The van der Waals surface area contributed by atoms with Crippen molar-refractivity contribution >= 4 is 31.5 Å². The average molecular weight is 315 g/mol. The van der Waals surface area contributed by atoms with Crippen molar-refractivity contribution in [3.05, 3.63) is 28.2 Å². The van der Waals surface area contributed by atoms with E-state index in [1.807, 2.05) is 11.0 Å². The van der Waals surface area contributed by atoms with Crippen LogP contribution < -0.4 is 4.90 Å². The fraction of sp³-hybridized carbons (Fsp3) is 0.364. The largest absolute Gasteiger partial charge is 0.369 e.